The van der Waals surface area contributed by atoms with Crippen LogP contribution in [0.25, 0.3) is 0 Å². The molecule has 62 heavy (non-hydrogen) atoms. The van der Waals surface area contributed by atoms with E-state index in [-0.39, 0.29) is 71.9 Å². The summed E-state index contributed by atoms with van der Waals surface area (Å²) in [5.41, 5.74) is 1.49. The molecule has 0 bridgehead atoms. The van der Waals surface area contributed by atoms with E-state index in [1.807, 2.05) is 58.9 Å². The maximum absolute atomic E-state index is 14.1. The van der Waals surface area contributed by atoms with Gasteiger partial charge in [-0.3, -0.25) is 24.0 Å². The van der Waals surface area contributed by atoms with E-state index in [0.29, 0.717) is 63.2 Å². The summed E-state index contributed by atoms with van der Waals surface area (Å²) in [5, 5.41) is 22.2. The van der Waals surface area contributed by atoms with Crippen molar-refractivity contribution in [3.8, 4) is 0 Å². The van der Waals surface area contributed by atoms with Gasteiger partial charge in [0.2, 0.25) is 5.79 Å². The molecule has 0 aromatic carbocycles. The number of ketones is 3. The molecule has 0 unspecified atom stereocenters. The lowest BCUT2D eigenvalue weighted by Gasteiger charge is -2.42. The van der Waals surface area contributed by atoms with Crippen LogP contribution in [0.2, 0.25) is 0 Å². The van der Waals surface area contributed by atoms with Gasteiger partial charge in [0.1, 0.15) is 23.9 Å². The van der Waals surface area contributed by atoms with Crippen molar-refractivity contribution in [2.24, 2.45) is 47.3 Å². The molecule has 3 aliphatic rings. The van der Waals surface area contributed by atoms with Crippen molar-refractivity contribution in [2.45, 2.75) is 170 Å². The number of aliphatic hydroxyl groups excluding tert-OH is 1. The monoisotopic (exact) mass is 864 g/mol. The molecule has 12 atom stereocenters. The second-order valence-corrected chi connectivity index (χ2v) is 19.1. The van der Waals surface area contributed by atoms with Gasteiger partial charge >= 0.3 is 5.97 Å². The third-order valence-corrected chi connectivity index (χ3v) is 13.6. The average molecular weight is 864 g/mol. The fraction of sp³-hybridized carbons (Fsp3) is 0.686. The van der Waals surface area contributed by atoms with Gasteiger partial charge in [0.15, 0.2) is 5.78 Å². The maximum atomic E-state index is 14.1. The van der Waals surface area contributed by atoms with Crippen molar-refractivity contribution in [1.82, 2.24) is 4.90 Å². The Labute approximate surface area is 371 Å². The van der Waals surface area contributed by atoms with Crippen LogP contribution < -0.4 is 0 Å². The van der Waals surface area contributed by atoms with Crippen LogP contribution >= 0.6 is 0 Å². The molecule has 11 heteroatoms. The number of esters is 1. The Morgan fingerprint density at radius 3 is 2.26 bits per heavy atom. The summed E-state index contributed by atoms with van der Waals surface area (Å²) in [6.45, 7) is 19.0. The maximum Gasteiger partial charge on any atom is 0.333 e. The van der Waals surface area contributed by atoms with Crippen molar-refractivity contribution in [3.63, 3.8) is 0 Å². The van der Waals surface area contributed by atoms with Crippen LogP contribution in [0.5, 0.6) is 0 Å². The number of hydrogen-bond donors (Lipinski definition) is 2. The third-order valence-electron chi connectivity index (χ3n) is 13.6. The van der Waals surface area contributed by atoms with Crippen LogP contribution in [-0.4, -0.2) is 81.2 Å². The predicted octanol–water partition coefficient (Wildman–Crippen LogP) is 8.77. The van der Waals surface area contributed by atoms with Gasteiger partial charge in [0.25, 0.3) is 11.7 Å². The fourth-order valence-electron chi connectivity index (χ4n) is 9.16. The molecule has 11 nitrogen and oxygen atoms in total. The van der Waals surface area contributed by atoms with Gasteiger partial charge in [-0.25, -0.2) is 4.79 Å². The molecular weight excluding hydrogens is 787 g/mol. The number of carbonyl (C=O) groups is 6. The van der Waals surface area contributed by atoms with Crippen LogP contribution in [0, 0.1) is 47.3 Å². The van der Waals surface area contributed by atoms with Gasteiger partial charge in [-0.1, -0.05) is 97.4 Å². The van der Waals surface area contributed by atoms with Gasteiger partial charge in [-0.2, -0.15) is 0 Å². The number of piperidine rings is 1. The number of aliphatic hydroxyl groups is 2. The van der Waals surface area contributed by atoms with Crippen LogP contribution in [0.1, 0.15) is 146 Å². The molecule has 3 rings (SSSR count). The highest BCUT2D eigenvalue weighted by molar-refractivity contribution is 6.39. The van der Waals surface area contributed by atoms with E-state index in [9.17, 15) is 39.0 Å². The molecule has 2 N–H and O–H groups in total. The van der Waals surface area contributed by atoms with E-state index < -0.39 is 47.4 Å². The standard InChI is InChI=1S/C51H77NO10/c1-11-44(54)36(6)25-32(2)17-13-12-14-18-34(4)35(5)29-42-22-20-40(10)51(60,62-42)48(57)49(58)52-24-16-15-19-43(52)50(59)61-47(30-46(56)37(7)26-33(3)31-53)39(9)28-41-21-23-45(55)38(8)27-41/h12-14,17-18,26,30-32,35-43,45,55,60H,11,15-16,19-25,27-29H2,1-10H3/b14-12+,17-13+,33-26+,34-18+,47-30-/t32-,35+,36-,37-,38-,39-,40-,41-,42+,43+,45-,51-/m1/s1. The van der Waals surface area contributed by atoms with Crippen LogP contribution in [0.4, 0.5) is 0 Å². The number of hydrogen-bond acceptors (Lipinski definition) is 10. The van der Waals surface area contributed by atoms with Crippen molar-refractivity contribution >= 4 is 35.5 Å². The molecule has 2 heterocycles. The number of nitrogens with zero attached hydrogens (tertiary/aromatic N) is 1. The smallest absolute Gasteiger partial charge is 0.333 e. The van der Waals surface area contributed by atoms with Crippen LogP contribution in [0.3, 0.4) is 0 Å². The van der Waals surface area contributed by atoms with Gasteiger partial charge < -0.3 is 24.6 Å². The zero-order valence-electron chi connectivity index (χ0n) is 39.3. The lowest BCUT2D eigenvalue weighted by atomic mass is 9.76. The number of rotatable bonds is 21. The second-order valence-electron chi connectivity index (χ2n) is 19.1. The minimum Gasteiger partial charge on any atom is -0.429 e. The summed E-state index contributed by atoms with van der Waals surface area (Å²) in [4.78, 5) is 80.1. The molecule has 1 saturated carbocycles. The second kappa shape index (κ2) is 24.9. The number of Topliss-reactive ketones (excluding diaryl/α,β-unsaturated/α-hetero) is 2. The Balaban J connectivity index is 1.73. The Hall–Kier alpha value is -3.80. The molecule has 1 aliphatic carbocycles. The summed E-state index contributed by atoms with van der Waals surface area (Å²) >= 11 is 0. The lowest BCUT2D eigenvalue weighted by molar-refractivity contribution is -0.264. The molecule has 3 fully saturated rings. The average Bonchev–Trinajstić information content (AvgIpc) is 3.24. The SMILES string of the molecule is CCC(=O)[C@H](C)C[C@H](C)/C=C/C=C/C=C(\C)[C@@H](C)C[C@@H]1CC[C@@H](C)[C@](O)(C(=O)C(=O)N2CCCC[C@H]2C(=O)O/C(=C\C(=O)[C@H](C)/C=C(\C)C=O)[C@H](C)C[C@@H]2CC[C@@H](O)[C@H](C)C2)O1. The van der Waals surface area contributed by atoms with Gasteiger partial charge in [0, 0.05) is 42.7 Å². The highest BCUT2D eigenvalue weighted by atomic mass is 16.6. The number of allylic oxidation sites excluding steroid dienone is 10. The fourth-order valence-corrected chi connectivity index (χ4v) is 9.16. The largest absolute Gasteiger partial charge is 0.429 e. The first-order chi connectivity index (χ1) is 29.2. The topological polar surface area (TPSA) is 165 Å². The predicted molar refractivity (Wildman–Crippen MR) is 241 cm³/mol. The highest BCUT2D eigenvalue weighted by Gasteiger charge is 2.53. The third kappa shape index (κ3) is 15.2. The van der Waals surface area contributed by atoms with Crippen LogP contribution in [0.15, 0.2) is 59.4 Å². The van der Waals surface area contributed by atoms with Gasteiger partial charge in [0.05, 0.1) is 12.2 Å². The molecule has 1 amide bonds. The molecule has 2 saturated heterocycles. The van der Waals surface area contributed by atoms with Gasteiger partial charge in [-0.15, -0.1) is 0 Å². The summed E-state index contributed by atoms with van der Waals surface area (Å²) < 4.78 is 12.2. The van der Waals surface area contributed by atoms with Crippen molar-refractivity contribution in [2.75, 3.05) is 6.54 Å². The van der Waals surface area contributed by atoms with E-state index in [4.69, 9.17) is 9.47 Å². The summed E-state index contributed by atoms with van der Waals surface area (Å²) in [6.07, 6.45) is 20.0. The molecule has 0 aromatic rings. The van der Waals surface area contributed by atoms with E-state index >= 15 is 0 Å². The van der Waals surface area contributed by atoms with E-state index in [2.05, 4.69) is 19.9 Å². The van der Waals surface area contributed by atoms with Crippen molar-refractivity contribution in [3.05, 3.63) is 59.4 Å². The lowest BCUT2D eigenvalue weighted by Crippen LogP contribution is -2.60. The molecule has 0 aromatic heterocycles. The molecular formula is C51H77NO10. The van der Waals surface area contributed by atoms with Crippen LogP contribution in [-0.2, 0) is 38.2 Å². The minimum absolute atomic E-state index is 0.0414. The Morgan fingerprint density at radius 1 is 0.887 bits per heavy atom. The van der Waals surface area contributed by atoms with E-state index in [0.717, 1.165) is 24.8 Å². The van der Waals surface area contributed by atoms with Crippen molar-refractivity contribution in [1.29, 1.82) is 0 Å². The number of aldehydes is 1. The summed E-state index contributed by atoms with van der Waals surface area (Å²) in [6, 6.07) is -1.11. The first-order valence-electron chi connectivity index (χ1n) is 23.3. The first kappa shape index (κ1) is 52.5. The molecule has 346 valence electrons. The molecule has 2 aliphatic heterocycles. The zero-order chi connectivity index (χ0) is 46.3. The normalized spacial score (nSPS) is 29.2. The van der Waals surface area contributed by atoms with E-state index in [1.165, 1.54) is 11.0 Å². The Kier molecular flexibility index (Phi) is 21.1. The zero-order valence-corrected chi connectivity index (χ0v) is 39.3. The quantitative estimate of drug-likeness (QED) is 0.0285. The molecule has 0 radical (unpaired) electrons. The molecule has 0 spiro atoms. The summed E-state index contributed by atoms with van der Waals surface area (Å²) in [7, 11) is 0. The number of amides is 1. The van der Waals surface area contributed by atoms with Crippen molar-refractivity contribution < 1.29 is 48.5 Å². The Morgan fingerprint density at radius 2 is 1.60 bits per heavy atom. The number of likely N-dealkylation sites (tertiary alicyclic amines) is 1. The number of carbonyl (C=O) groups excluding carboxylic acids is 6. The summed E-state index contributed by atoms with van der Waals surface area (Å²) in [5.74, 6) is -6.09. The first-order valence-corrected chi connectivity index (χ1v) is 23.3. The number of ether oxygens (including phenoxy) is 2. The van der Waals surface area contributed by atoms with E-state index in [1.54, 1.807) is 26.8 Å². The highest BCUT2D eigenvalue weighted by Crippen LogP contribution is 2.38. The van der Waals surface area contributed by atoms with Gasteiger partial charge in [-0.05, 0) is 114 Å². The Bertz CT molecular complexity index is 1720. The minimum atomic E-state index is -2.37.